The van der Waals surface area contributed by atoms with E-state index in [4.69, 9.17) is 0 Å². The van der Waals surface area contributed by atoms with Crippen molar-refractivity contribution in [1.29, 1.82) is 0 Å². The predicted molar refractivity (Wildman–Crippen MR) is 101 cm³/mol. The fourth-order valence-corrected chi connectivity index (χ4v) is 2.37. The third-order valence-electron chi connectivity index (χ3n) is 3.96. The van der Waals surface area contributed by atoms with Crippen LogP contribution >= 0.6 is 0 Å². The first kappa shape index (κ1) is 28.2. The number of hydrogen-bond acceptors (Lipinski definition) is 0. The molecule has 0 bridgehead atoms. The Morgan fingerprint density at radius 3 is 0.909 bits per heavy atom. The van der Waals surface area contributed by atoms with Gasteiger partial charge in [-0.3, -0.25) is 0 Å². The van der Waals surface area contributed by atoms with E-state index < -0.39 is 0 Å². The molecule has 0 aromatic heterocycles. The molecule has 0 aliphatic heterocycles. The molecule has 0 fully saturated rings. The molecule has 0 saturated carbocycles. The van der Waals surface area contributed by atoms with Crippen molar-refractivity contribution >= 4 is 0 Å². The van der Waals surface area contributed by atoms with Gasteiger partial charge in [0.2, 0.25) is 0 Å². The molecule has 0 aromatic rings. The summed E-state index contributed by atoms with van der Waals surface area (Å²) in [7, 11) is 0. The molecule has 0 aromatic carbocycles. The Morgan fingerprint density at radius 1 is 0.409 bits per heavy atom. The second kappa shape index (κ2) is 30.3. The Morgan fingerprint density at radius 2 is 0.682 bits per heavy atom. The van der Waals surface area contributed by atoms with Crippen molar-refractivity contribution in [2.24, 2.45) is 0 Å². The maximum atomic E-state index is 3.88. The molecule has 0 radical (unpaired) electrons. The Labute approximate surface area is 176 Å². The van der Waals surface area contributed by atoms with Gasteiger partial charge in [-0.05, 0) is 0 Å². The number of unbranched alkanes of at least 4 members (excludes halogenated alkanes) is 15. The van der Waals surface area contributed by atoms with Crippen LogP contribution in [0.2, 0.25) is 0 Å². The molecule has 0 rings (SSSR count). The van der Waals surface area contributed by atoms with Gasteiger partial charge in [-0.25, -0.2) is 0 Å². The summed E-state index contributed by atoms with van der Waals surface area (Å²) >= 11 is 0. The summed E-state index contributed by atoms with van der Waals surface area (Å²) in [5.74, 6) is 0. The van der Waals surface area contributed by atoms with Crippen LogP contribution in [0.15, 0.2) is 0 Å². The summed E-state index contributed by atoms with van der Waals surface area (Å²) in [5, 5.41) is 0. The molecule has 0 aliphatic carbocycles. The first-order valence-electron chi connectivity index (χ1n) is 9.91. The Balaban J connectivity index is -0.000000640. The summed E-state index contributed by atoms with van der Waals surface area (Å²) in [4.78, 5) is 0. The smallest absolute Gasteiger partial charge is 0 e. The third-order valence-corrected chi connectivity index (χ3v) is 3.96. The van der Waals surface area contributed by atoms with Crippen molar-refractivity contribution in [3.63, 3.8) is 0 Å². The summed E-state index contributed by atoms with van der Waals surface area (Å²) in [5.41, 5.74) is 0. The third kappa shape index (κ3) is 33.1. The van der Waals surface area contributed by atoms with Crippen LogP contribution in [0.3, 0.4) is 0 Å². The van der Waals surface area contributed by atoms with E-state index in [1.165, 1.54) is 96.3 Å². The Kier molecular flexibility index (Phi) is 38.7. The van der Waals surface area contributed by atoms with Crippen LogP contribution in [0.4, 0.5) is 0 Å². The molecule has 22 heavy (non-hydrogen) atoms. The SMILES string of the molecule is [CH2-]CCC.[CH2-]CCCCCCCCCCCCCCCC.[Nd]. The van der Waals surface area contributed by atoms with Gasteiger partial charge in [-0.15, -0.1) is 0 Å². The Hall–Kier alpha value is 1.35. The summed E-state index contributed by atoms with van der Waals surface area (Å²) in [6.07, 6.45) is 23.6. The monoisotopic (exact) mass is 438 g/mol. The minimum absolute atomic E-state index is 0. The van der Waals surface area contributed by atoms with Crippen molar-refractivity contribution in [2.45, 2.75) is 123 Å². The molecule has 0 heterocycles. The van der Waals surface area contributed by atoms with E-state index in [2.05, 4.69) is 27.7 Å². The molecule has 0 unspecified atom stereocenters. The van der Waals surface area contributed by atoms with Crippen molar-refractivity contribution in [1.82, 2.24) is 0 Å². The van der Waals surface area contributed by atoms with Gasteiger partial charge in [0, 0.05) is 40.8 Å². The van der Waals surface area contributed by atoms with Crippen LogP contribution in [0.25, 0.3) is 0 Å². The van der Waals surface area contributed by atoms with E-state index in [0.29, 0.717) is 0 Å². The number of hydrogen-bond donors (Lipinski definition) is 0. The van der Waals surface area contributed by atoms with Gasteiger partial charge in [0.25, 0.3) is 0 Å². The van der Waals surface area contributed by atoms with Crippen LogP contribution in [0.1, 0.15) is 123 Å². The fourth-order valence-electron chi connectivity index (χ4n) is 2.37. The van der Waals surface area contributed by atoms with Gasteiger partial charge in [-0.1, -0.05) is 110 Å². The summed E-state index contributed by atoms with van der Waals surface area (Å²) in [6.45, 7) is 11.9. The molecule has 0 amide bonds. The zero-order chi connectivity index (χ0) is 16.0. The molecular formula is C21H44Nd-2. The van der Waals surface area contributed by atoms with Gasteiger partial charge < -0.3 is 13.8 Å². The molecule has 0 spiro atoms. The van der Waals surface area contributed by atoms with Gasteiger partial charge in [-0.2, -0.15) is 12.8 Å². The van der Waals surface area contributed by atoms with Crippen LogP contribution < -0.4 is 0 Å². The molecule has 0 atom stereocenters. The van der Waals surface area contributed by atoms with E-state index in [1.54, 1.807) is 0 Å². The molecule has 0 N–H and O–H groups in total. The average Bonchev–Trinajstić information content (AvgIpc) is 2.52. The van der Waals surface area contributed by atoms with Gasteiger partial charge in [0.1, 0.15) is 0 Å². The first-order valence-corrected chi connectivity index (χ1v) is 9.91. The molecule has 0 nitrogen and oxygen atoms in total. The topological polar surface area (TPSA) is 0 Å². The van der Waals surface area contributed by atoms with Crippen molar-refractivity contribution in [3.8, 4) is 0 Å². The van der Waals surface area contributed by atoms with Crippen LogP contribution in [0.5, 0.6) is 0 Å². The van der Waals surface area contributed by atoms with Gasteiger partial charge in [0.05, 0.1) is 0 Å². The predicted octanol–water partition coefficient (Wildman–Crippen LogP) is 8.31. The second-order valence-corrected chi connectivity index (χ2v) is 6.30. The molecule has 134 valence electrons. The van der Waals surface area contributed by atoms with Crippen molar-refractivity contribution < 1.29 is 40.8 Å². The van der Waals surface area contributed by atoms with Crippen LogP contribution in [-0.2, 0) is 0 Å². The van der Waals surface area contributed by atoms with E-state index in [1.807, 2.05) is 0 Å². The minimum atomic E-state index is 0. The van der Waals surface area contributed by atoms with Crippen LogP contribution in [0, 0.1) is 54.7 Å². The van der Waals surface area contributed by atoms with Crippen LogP contribution in [-0.4, -0.2) is 0 Å². The molecular weight excluding hydrogens is 396 g/mol. The minimum Gasteiger partial charge on any atom is -0.343 e. The summed E-state index contributed by atoms with van der Waals surface area (Å²) < 4.78 is 0. The summed E-state index contributed by atoms with van der Waals surface area (Å²) in [6, 6.07) is 0. The average molecular weight is 441 g/mol. The molecule has 1 heteroatoms. The standard InChI is InChI=1S/C17H35.C4H9.Nd/c1-3-5-7-9-11-13-15-17-16-14-12-10-8-6-4-2;1-3-4-2;/h1,3-17H2,2H3;1,3-4H2,2H3;/q2*-1;. The molecule has 0 aliphatic rings. The van der Waals surface area contributed by atoms with Gasteiger partial charge in [0.15, 0.2) is 0 Å². The molecule has 0 saturated heterocycles. The number of rotatable bonds is 15. The van der Waals surface area contributed by atoms with E-state index in [-0.39, 0.29) is 40.8 Å². The van der Waals surface area contributed by atoms with Crippen molar-refractivity contribution in [3.05, 3.63) is 13.8 Å². The van der Waals surface area contributed by atoms with E-state index in [0.717, 1.165) is 12.8 Å². The van der Waals surface area contributed by atoms with Crippen molar-refractivity contribution in [2.75, 3.05) is 0 Å². The quantitative estimate of drug-likeness (QED) is 0.177. The van der Waals surface area contributed by atoms with E-state index in [9.17, 15) is 0 Å². The maximum Gasteiger partial charge on any atom is 0 e. The largest absolute Gasteiger partial charge is 0.343 e. The second-order valence-electron chi connectivity index (χ2n) is 6.30. The first-order chi connectivity index (χ1) is 10.3. The zero-order valence-electron chi connectivity index (χ0n) is 15.9. The Bertz CT molecular complexity index is 129. The van der Waals surface area contributed by atoms with Gasteiger partial charge >= 0.3 is 0 Å². The van der Waals surface area contributed by atoms with E-state index >= 15 is 0 Å². The fraction of sp³-hybridized carbons (Fsp3) is 0.905. The normalized spacial score (nSPS) is 9.82. The zero-order valence-corrected chi connectivity index (χ0v) is 19.1. The maximum absolute atomic E-state index is 3.88.